The Balaban J connectivity index is 1.35. The topological polar surface area (TPSA) is 79.0 Å². The van der Waals surface area contributed by atoms with E-state index in [9.17, 15) is 14.4 Å². The van der Waals surface area contributed by atoms with Gasteiger partial charge in [-0.15, -0.1) is 0 Å². The molecule has 2 aromatic carbocycles. The van der Waals surface area contributed by atoms with Gasteiger partial charge >= 0.3 is 0 Å². The van der Waals surface area contributed by atoms with Crippen molar-refractivity contribution in [1.82, 2.24) is 10.2 Å². The van der Waals surface area contributed by atoms with Crippen LogP contribution in [0.1, 0.15) is 42.1 Å². The van der Waals surface area contributed by atoms with Gasteiger partial charge in [-0.3, -0.25) is 19.3 Å². The Hall–Kier alpha value is -3.35. The van der Waals surface area contributed by atoms with Crippen molar-refractivity contribution >= 4 is 23.4 Å². The van der Waals surface area contributed by atoms with E-state index in [1.807, 2.05) is 50.2 Å². The van der Waals surface area contributed by atoms with Crippen LogP contribution in [0.3, 0.4) is 0 Å². The van der Waals surface area contributed by atoms with Crippen molar-refractivity contribution in [3.8, 4) is 5.75 Å². The van der Waals surface area contributed by atoms with Crippen molar-refractivity contribution in [2.45, 2.75) is 38.8 Å². The van der Waals surface area contributed by atoms with Gasteiger partial charge in [-0.1, -0.05) is 24.3 Å². The highest BCUT2D eigenvalue weighted by atomic mass is 16.5. The molecule has 1 saturated heterocycles. The second-order valence-corrected chi connectivity index (χ2v) is 8.19. The van der Waals surface area contributed by atoms with Crippen LogP contribution in [0.25, 0.3) is 0 Å². The minimum absolute atomic E-state index is 0.00481. The Bertz CT molecular complexity index is 1020. The normalized spacial score (nSPS) is 19.8. The number of hydrogen-bond donors (Lipinski definition) is 1. The first-order chi connectivity index (χ1) is 14.9. The molecule has 0 saturated carbocycles. The molecule has 1 N–H and O–H groups in total. The van der Waals surface area contributed by atoms with Crippen molar-refractivity contribution in [2.75, 3.05) is 24.6 Å². The summed E-state index contributed by atoms with van der Waals surface area (Å²) in [4.78, 5) is 41.5. The van der Waals surface area contributed by atoms with Crippen LogP contribution in [-0.4, -0.2) is 48.0 Å². The average molecular weight is 421 g/mol. The summed E-state index contributed by atoms with van der Waals surface area (Å²) >= 11 is 0. The van der Waals surface area contributed by atoms with Crippen molar-refractivity contribution in [3.05, 3.63) is 59.7 Å². The number of amides is 3. The van der Waals surface area contributed by atoms with E-state index in [0.29, 0.717) is 37.2 Å². The van der Waals surface area contributed by atoms with Crippen LogP contribution in [0.5, 0.6) is 5.75 Å². The molecule has 1 unspecified atom stereocenters. The third-order valence-electron chi connectivity index (χ3n) is 5.99. The largest absolute Gasteiger partial charge is 0.492 e. The van der Waals surface area contributed by atoms with Gasteiger partial charge in [0.25, 0.3) is 5.91 Å². The highest BCUT2D eigenvalue weighted by molar-refractivity contribution is 6.10. The maximum atomic E-state index is 13.2. The number of rotatable bonds is 7. The number of para-hydroxylation sites is 1. The molecular formula is C24H27N3O4. The molecule has 162 valence electrons. The molecule has 7 heteroatoms. The molecular weight excluding hydrogens is 394 g/mol. The summed E-state index contributed by atoms with van der Waals surface area (Å²) in [6, 6.07) is 14.9. The van der Waals surface area contributed by atoms with Gasteiger partial charge in [0.15, 0.2) is 0 Å². The van der Waals surface area contributed by atoms with E-state index in [1.165, 1.54) is 0 Å². The first kappa shape index (κ1) is 20.9. The van der Waals surface area contributed by atoms with Gasteiger partial charge in [0.1, 0.15) is 18.0 Å². The van der Waals surface area contributed by atoms with Crippen molar-refractivity contribution < 1.29 is 19.1 Å². The second kappa shape index (κ2) is 8.41. The molecule has 2 heterocycles. The molecule has 31 heavy (non-hydrogen) atoms. The Morgan fingerprint density at radius 3 is 2.77 bits per heavy atom. The number of aryl methyl sites for hydroxylation is 1. The molecule has 0 spiro atoms. The van der Waals surface area contributed by atoms with Crippen molar-refractivity contribution in [1.29, 1.82) is 0 Å². The van der Waals surface area contributed by atoms with Gasteiger partial charge in [-0.2, -0.15) is 0 Å². The zero-order valence-corrected chi connectivity index (χ0v) is 17.9. The zero-order chi connectivity index (χ0) is 22.0. The zero-order valence-electron chi connectivity index (χ0n) is 17.9. The lowest BCUT2D eigenvalue weighted by Gasteiger charge is -2.48. The van der Waals surface area contributed by atoms with E-state index in [-0.39, 0.29) is 30.7 Å². The summed E-state index contributed by atoms with van der Waals surface area (Å²) in [7, 11) is 0. The van der Waals surface area contributed by atoms with Crippen LogP contribution < -0.4 is 15.0 Å². The average Bonchev–Trinajstić information content (AvgIpc) is 3.06. The monoisotopic (exact) mass is 421 g/mol. The number of nitrogens with one attached hydrogen (secondary N) is 1. The van der Waals surface area contributed by atoms with Crippen LogP contribution in [0, 0.1) is 6.92 Å². The third kappa shape index (κ3) is 4.00. The van der Waals surface area contributed by atoms with Crippen LogP contribution >= 0.6 is 0 Å². The fraction of sp³-hybridized carbons (Fsp3) is 0.375. The van der Waals surface area contributed by atoms with Crippen LogP contribution in [0.4, 0.5) is 5.69 Å². The number of carbonyl (C=O) groups excluding carboxylic acids is 3. The predicted molar refractivity (Wildman–Crippen MR) is 117 cm³/mol. The Morgan fingerprint density at radius 1 is 1.16 bits per heavy atom. The Labute approximate surface area is 182 Å². The molecule has 3 amide bonds. The summed E-state index contributed by atoms with van der Waals surface area (Å²) in [5.74, 6) is 0.481. The third-order valence-corrected chi connectivity index (χ3v) is 5.99. The number of anilines is 1. The van der Waals surface area contributed by atoms with Crippen LogP contribution in [0.2, 0.25) is 0 Å². The highest BCUT2D eigenvalue weighted by Gasteiger charge is 2.52. The van der Waals surface area contributed by atoms with E-state index in [0.717, 1.165) is 11.3 Å². The quantitative estimate of drug-likeness (QED) is 0.698. The first-order valence-electron chi connectivity index (χ1n) is 10.6. The molecule has 1 fully saturated rings. The molecule has 0 radical (unpaired) electrons. The Kier molecular flexibility index (Phi) is 5.67. The number of benzene rings is 2. The molecule has 7 nitrogen and oxygen atoms in total. The lowest BCUT2D eigenvalue weighted by molar-refractivity contribution is -0.121. The molecule has 2 aliphatic rings. The summed E-state index contributed by atoms with van der Waals surface area (Å²) in [5.41, 5.74) is 1.53. The van der Waals surface area contributed by atoms with Crippen LogP contribution in [-0.2, 0) is 9.59 Å². The molecule has 4 rings (SSSR count). The summed E-state index contributed by atoms with van der Waals surface area (Å²) < 4.78 is 5.65. The van der Waals surface area contributed by atoms with E-state index in [1.54, 1.807) is 21.9 Å². The van der Waals surface area contributed by atoms with Gasteiger partial charge in [-0.05, 0) is 50.1 Å². The van der Waals surface area contributed by atoms with E-state index in [2.05, 4.69) is 5.32 Å². The first-order valence-corrected chi connectivity index (χ1v) is 10.6. The SMILES string of the molecule is Cc1cccc(OCCNC(=O)CCN2C(=O)c3ccccc3N3C(=O)CCC23C)c1. The molecule has 0 aliphatic carbocycles. The molecule has 0 aromatic heterocycles. The standard InChI is InChI=1S/C24H27N3O4/c1-17-6-5-7-18(16-17)31-15-13-25-21(28)11-14-26-23(30)19-8-3-4-9-20(19)27-22(29)10-12-24(26,27)2/h3-9,16H,10-15H2,1-2H3,(H,25,28). The molecule has 2 aliphatic heterocycles. The van der Waals surface area contributed by atoms with E-state index in [4.69, 9.17) is 4.74 Å². The number of hydrogen-bond acceptors (Lipinski definition) is 4. The van der Waals surface area contributed by atoms with Crippen LogP contribution in [0.15, 0.2) is 48.5 Å². The van der Waals surface area contributed by atoms with E-state index < -0.39 is 5.66 Å². The van der Waals surface area contributed by atoms with Gasteiger partial charge in [0.2, 0.25) is 11.8 Å². The fourth-order valence-corrected chi connectivity index (χ4v) is 4.41. The van der Waals surface area contributed by atoms with Crippen molar-refractivity contribution in [2.24, 2.45) is 0 Å². The maximum Gasteiger partial charge on any atom is 0.257 e. The predicted octanol–water partition coefficient (Wildman–Crippen LogP) is 2.88. The number of nitrogens with zero attached hydrogens (tertiary/aromatic N) is 2. The number of fused-ring (bicyclic) bond motifs is 3. The Morgan fingerprint density at radius 2 is 1.97 bits per heavy atom. The number of carbonyl (C=O) groups is 3. The smallest absolute Gasteiger partial charge is 0.257 e. The van der Waals surface area contributed by atoms with Gasteiger partial charge in [-0.25, -0.2) is 0 Å². The molecule has 0 bridgehead atoms. The molecule has 2 aromatic rings. The lowest BCUT2D eigenvalue weighted by Crippen LogP contribution is -2.62. The minimum atomic E-state index is -0.739. The highest BCUT2D eigenvalue weighted by Crippen LogP contribution is 2.43. The lowest BCUT2D eigenvalue weighted by atomic mass is 9.98. The summed E-state index contributed by atoms with van der Waals surface area (Å²) in [6.45, 7) is 4.89. The second-order valence-electron chi connectivity index (χ2n) is 8.19. The summed E-state index contributed by atoms with van der Waals surface area (Å²) in [5, 5.41) is 2.84. The van der Waals surface area contributed by atoms with E-state index >= 15 is 0 Å². The maximum absolute atomic E-state index is 13.2. The van der Waals surface area contributed by atoms with Crippen molar-refractivity contribution in [3.63, 3.8) is 0 Å². The molecule has 1 atom stereocenters. The minimum Gasteiger partial charge on any atom is -0.492 e. The number of ether oxygens (including phenoxy) is 1. The van der Waals surface area contributed by atoms with Gasteiger partial charge in [0.05, 0.1) is 17.8 Å². The summed E-state index contributed by atoms with van der Waals surface area (Å²) in [6.07, 6.45) is 1.10. The fourth-order valence-electron chi connectivity index (χ4n) is 4.41. The van der Waals surface area contributed by atoms with Gasteiger partial charge in [0, 0.05) is 19.4 Å². The van der Waals surface area contributed by atoms with Gasteiger partial charge < -0.3 is 15.0 Å².